The van der Waals surface area contributed by atoms with E-state index in [2.05, 4.69) is 12.2 Å². The molecule has 1 aliphatic rings. The first-order valence-electron chi connectivity index (χ1n) is 6.29. The van der Waals surface area contributed by atoms with Crippen LogP contribution < -0.4 is 0 Å². The molecule has 1 atom stereocenters. The standard InChI is InChI=1S/C15H18OS/c16-15(13-9-5-4-6-10-13)17-14-11-7-2-1-3-8-12-14/h4-7,9-11,14H,1-3,8,12H2/b11-7-/t14-/m1/s1. The summed E-state index contributed by atoms with van der Waals surface area (Å²) in [5.41, 5.74) is 0.813. The summed E-state index contributed by atoms with van der Waals surface area (Å²) in [6.07, 6.45) is 10.6. The molecule has 1 aliphatic carbocycles. The van der Waals surface area contributed by atoms with Crippen molar-refractivity contribution in [2.24, 2.45) is 0 Å². The van der Waals surface area contributed by atoms with Crippen molar-refractivity contribution in [3.05, 3.63) is 48.0 Å². The fourth-order valence-corrected chi connectivity index (χ4v) is 3.03. The fourth-order valence-electron chi connectivity index (χ4n) is 2.01. The van der Waals surface area contributed by atoms with E-state index in [0.717, 1.165) is 18.4 Å². The van der Waals surface area contributed by atoms with Gasteiger partial charge in [0.05, 0.1) is 0 Å². The highest BCUT2D eigenvalue weighted by molar-refractivity contribution is 8.14. The van der Waals surface area contributed by atoms with Crippen LogP contribution in [0.5, 0.6) is 0 Å². The second-order valence-corrected chi connectivity index (χ2v) is 5.59. The Morgan fingerprint density at radius 1 is 1.12 bits per heavy atom. The number of rotatable bonds is 2. The van der Waals surface area contributed by atoms with E-state index in [9.17, 15) is 4.79 Å². The molecule has 0 saturated heterocycles. The Kier molecular flexibility index (Phi) is 4.87. The number of carbonyl (C=O) groups excluding carboxylic acids is 1. The molecule has 17 heavy (non-hydrogen) atoms. The lowest BCUT2D eigenvalue weighted by molar-refractivity contribution is 0.108. The number of carbonyl (C=O) groups is 1. The topological polar surface area (TPSA) is 17.1 Å². The van der Waals surface area contributed by atoms with E-state index in [1.54, 1.807) is 0 Å². The van der Waals surface area contributed by atoms with Gasteiger partial charge in [0.1, 0.15) is 0 Å². The highest BCUT2D eigenvalue weighted by atomic mass is 32.2. The van der Waals surface area contributed by atoms with Gasteiger partial charge >= 0.3 is 0 Å². The Balaban J connectivity index is 1.95. The van der Waals surface area contributed by atoms with E-state index in [0.29, 0.717) is 5.25 Å². The minimum absolute atomic E-state index is 0.195. The summed E-state index contributed by atoms with van der Waals surface area (Å²) < 4.78 is 0. The minimum atomic E-state index is 0.195. The summed E-state index contributed by atoms with van der Waals surface area (Å²) in [4.78, 5) is 12.0. The third-order valence-corrected chi connectivity index (χ3v) is 4.12. The lowest BCUT2D eigenvalue weighted by Crippen LogP contribution is -2.05. The van der Waals surface area contributed by atoms with Gasteiger partial charge in [-0.3, -0.25) is 4.79 Å². The van der Waals surface area contributed by atoms with Crippen LogP contribution in [0.4, 0.5) is 0 Å². The van der Waals surface area contributed by atoms with Crippen molar-refractivity contribution in [1.82, 2.24) is 0 Å². The number of hydrogen-bond acceptors (Lipinski definition) is 2. The Morgan fingerprint density at radius 2 is 1.94 bits per heavy atom. The molecule has 2 heteroatoms. The summed E-state index contributed by atoms with van der Waals surface area (Å²) in [6, 6.07) is 9.56. The molecule has 0 bridgehead atoms. The molecular formula is C15H18OS. The summed E-state index contributed by atoms with van der Waals surface area (Å²) in [7, 11) is 0. The average Bonchev–Trinajstić information content (AvgIpc) is 2.33. The molecule has 1 aromatic rings. The molecule has 2 rings (SSSR count). The van der Waals surface area contributed by atoms with Gasteiger partial charge in [0, 0.05) is 10.8 Å². The van der Waals surface area contributed by atoms with Crippen LogP contribution in [0, 0.1) is 0 Å². The van der Waals surface area contributed by atoms with Crippen LogP contribution in [0.15, 0.2) is 42.5 Å². The zero-order valence-electron chi connectivity index (χ0n) is 9.97. The lowest BCUT2D eigenvalue weighted by atomic mass is 10.1. The molecule has 0 N–H and O–H groups in total. The number of allylic oxidation sites excluding steroid dienone is 1. The van der Waals surface area contributed by atoms with Gasteiger partial charge in [-0.25, -0.2) is 0 Å². The van der Waals surface area contributed by atoms with Gasteiger partial charge < -0.3 is 0 Å². The molecule has 0 radical (unpaired) electrons. The molecule has 0 saturated carbocycles. The van der Waals surface area contributed by atoms with Gasteiger partial charge in [0.2, 0.25) is 5.12 Å². The highest BCUT2D eigenvalue weighted by Crippen LogP contribution is 2.25. The molecule has 0 unspecified atom stereocenters. The van der Waals surface area contributed by atoms with Crippen LogP contribution in [0.2, 0.25) is 0 Å². The Morgan fingerprint density at radius 3 is 2.76 bits per heavy atom. The van der Waals surface area contributed by atoms with Crippen molar-refractivity contribution in [2.75, 3.05) is 0 Å². The van der Waals surface area contributed by atoms with Crippen LogP contribution in [-0.4, -0.2) is 10.4 Å². The van der Waals surface area contributed by atoms with Gasteiger partial charge in [-0.15, -0.1) is 0 Å². The maximum absolute atomic E-state index is 12.0. The summed E-state index contributed by atoms with van der Waals surface area (Å²) >= 11 is 1.47. The van der Waals surface area contributed by atoms with Crippen molar-refractivity contribution in [3.8, 4) is 0 Å². The Hall–Kier alpha value is -1.02. The maximum Gasteiger partial charge on any atom is 0.219 e. The normalized spacial score (nSPS) is 22.5. The van der Waals surface area contributed by atoms with E-state index in [-0.39, 0.29) is 5.12 Å². The molecule has 0 amide bonds. The predicted molar refractivity (Wildman–Crippen MR) is 74.4 cm³/mol. The van der Waals surface area contributed by atoms with Gasteiger partial charge in [-0.05, 0) is 19.3 Å². The van der Waals surface area contributed by atoms with Crippen molar-refractivity contribution >= 4 is 16.9 Å². The summed E-state index contributed by atoms with van der Waals surface area (Å²) in [5, 5.41) is 0.559. The zero-order valence-corrected chi connectivity index (χ0v) is 10.8. The van der Waals surface area contributed by atoms with Crippen LogP contribution in [0.1, 0.15) is 42.5 Å². The first-order valence-corrected chi connectivity index (χ1v) is 7.17. The second kappa shape index (κ2) is 6.65. The molecule has 0 aromatic heterocycles. The van der Waals surface area contributed by atoms with Crippen LogP contribution in [0.3, 0.4) is 0 Å². The van der Waals surface area contributed by atoms with Crippen molar-refractivity contribution in [1.29, 1.82) is 0 Å². The van der Waals surface area contributed by atoms with Crippen LogP contribution in [0.25, 0.3) is 0 Å². The van der Waals surface area contributed by atoms with Crippen molar-refractivity contribution < 1.29 is 4.79 Å². The molecule has 0 aliphatic heterocycles. The van der Waals surface area contributed by atoms with E-state index in [4.69, 9.17) is 0 Å². The summed E-state index contributed by atoms with van der Waals surface area (Å²) in [6.45, 7) is 0. The van der Waals surface area contributed by atoms with Gasteiger partial charge in [0.25, 0.3) is 0 Å². The first kappa shape index (κ1) is 12.4. The predicted octanol–water partition coefficient (Wildman–Crippen LogP) is 4.45. The minimum Gasteiger partial charge on any atom is -0.282 e. The Labute approximate surface area is 107 Å². The number of benzene rings is 1. The molecule has 0 spiro atoms. The first-order chi connectivity index (χ1) is 8.36. The smallest absolute Gasteiger partial charge is 0.219 e. The monoisotopic (exact) mass is 246 g/mol. The van der Waals surface area contributed by atoms with Gasteiger partial charge in [-0.1, -0.05) is 67.1 Å². The SMILES string of the molecule is O=C(S[C@@H]1/C=C\CCCCC1)c1ccccc1. The molecule has 0 heterocycles. The molecular weight excluding hydrogens is 228 g/mol. The van der Waals surface area contributed by atoms with E-state index in [1.807, 2.05) is 30.3 Å². The van der Waals surface area contributed by atoms with E-state index >= 15 is 0 Å². The van der Waals surface area contributed by atoms with Crippen molar-refractivity contribution in [3.63, 3.8) is 0 Å². The zero-order chi connectivity index (χ0) is 11.9. The third kappa shape index (κ3) is 4.04. The van der Waals surface area contributed by atoms with Crippen LogP contribution in [-0.2, 0) is 0 Å². The number of thioether (sulfide) groups is 1. The molecule has 90 valence electrons. The highest BCUT2D eigenvalue weighted by Gasteiger charge is 2.14. The van der Waals surface area contributed by atoms with Crippen molar-refractivity contribution in [2.45, 2.75) is 37.4 Å². The lowest BCUT2D eigenvalue weighted by Gasteiger charge is -2.13. The van der Waals surface area contributed by atoms with Gasteiger partial charge in [-0.2, -0.15) is 0 Å². The Bertz CT molecular complexity index is 383. The van der Waals surface area contributed by atoms with E-state index < -0.39 is 0 Å². The third-order valence-electron chi connectivity index (χ3n) is 2.98. The maximum atomic E-state index is 12.0. The largest absolute Gasteiger partial charge is 0.282 e. The molecule has 0 fully saturated rings. The summed E-state index contributed by atoms with van der Waals surface area (Å²) in [5.74, 6) is 0. The fraction of sp³-hybridized carbons (Fsp3) is 0.400. The van der Waals surface area contributed by atoms with Crippen LogP contribution >= 0.6 is 11.8 Å². The number of hydrogen-bond donors (Lipinski definition) is 0. The van der Waals surface area contributed by atoms with E-state index in [1.165, 1.54) is 31.0 Å². The van der Waals surface area contributed by atoms with Gasteiger partial charge in [0.15, 0.2) is 0 Å². The molecule has 1 nitrogen and oxygen atoms in total. The average molecular weight is 246 g/mol. The molecule has 1 aromatic carbocycles. The second-order valence-electron chi connectivity index (χ2n) is 4.38. The quantitative estimate of drug-likeness (QED) is 0.717.